The zero-order valence-electron chi connectivity index (χ0n) is 31.6. The highest BCUT2D eigenvalue weighted by atomic mass is 19.4. The maximum absolute atomic E-state index is 14.6. The Hall–Kier alpha value is -7.87. The van der Waals surface area contributed by atoms with Crippen LogP contribution in [0.1, 0.15) is 22.3 Å². The van der Waals surface area contributed by atoms with E-state index >= 15 is 0 Å². The molecule has 59 heavy (non-hydrogen) atoms. The van der Waals surface area contributed by atoms with Gasteiger partial charge >= 0.3 is 6.18 Å². The van der Waals surface area contributed by atoms with E-state index in [1.54, 1.807) is 6.07 Å². The lowest BCUT2D eigenvalue weighted by Gasteiger charge is -2.20. The van der Waals surface area contributed by atoms with E-state index < -0.39 is 11.7 Å². The summed E-state index contributed by atoms with van der Waals surface area (Å²) in [6, 6.07) is 58.1. The van der Waals surface area contributed by atoms with Crippen LogP contribution in [0.3, 0.4) is 0 Å². The number of aromatic nitrogens is 2. The van der Waals surface area contributed by atoms with E-state index in [1.165, 1.54) is 6.07 Å². The SMILES string of the molecule is Cc1ccc(-c2ccc3c(c2)c2ccccc2n3-c2cc(-c3cc(C#N)cc(C(F)(F)F)c3)c(-n3c4ccccc4c4cc(-c5ccccc5)ccc43)cc2C#N)cc1. The summed E-state index contributed by atoms with van der Waals surface area (Å²) in [6.45, 7) is 2.05. The minimum atomic E-state index is -4.71. The van der Waals surface area contributed by atoms with Gasteiger partial charge in [-0.1, -0.05) is 109 Å². The first kappa shape index (κ1) is 35.5. The quantitative estimate of drug-likeness (QED) is 0.175. The third-order valence-electron chi connectivity index (χ3n) is 11.3. The van der Waals surface area contributed by atoms with Crippen LogP contribution < -0.4 is 0 Å². The number of nitrogens with zero attached hydrogens (tertiary/aromatic N) is 4. The molecular formula is C52H31F3N4. The molecule has 0 bridgehead atoms. The van der Waals surface area contributed by atoms with Gasteiger partial charge in [0.1, 0.15) is 6.07 Å². The molecule has 0 aliphatic carbocycles. The topological polar surface area (TPSA) is 57.4 Å². The molecule has 0 N–H and O–H groups in total. The molecule has 2 aromatic heterocycles. The number of halogens is 3. The van der Waals surface area contributed by atoms with Gasteiger partial charge in [-0.3, -0.25) is 0 Å². The standard InChI is InChI=1S/C52H31F3N4/c1-32-15-17-35(18-16-32)37-20-21-48-44(27-37)41-11-5-7-13-46(41)58(48)50-29-43(38-23-33(30-56)24-40(25-38)52(53,54)55)51(28-39(50)31-57)59-47-14-8-6-12-42(47)45-26-36(19-22-49(45)59)34-9-3-2-4-10-34/h2-29H,1H3. The highest BCUT2D eigenvalue weighted by Crippen LogP contribution is 2.43. The number of nitriles is 2. The molecule has 0 saturated carbocycles. The maximum Gasteiger partial charge on any atom is 0.416 e. The Kier molecular flexibility index (Phi) is 8.23. The van der Waals surface area contributed by atoms with E-state index in [0.29, 0.717) is 22.5 Å². The van der Waals surface area contributed by atoms with Gasteiger partial charge in [0.2, 0.25) is 0 Å². The summed E-state index contributed by atoms with van der Waals surface area (Å²) in [4.78, 5) is 0. The lowest BCUT2D eigenvalue weighted by atomic mass is 9.95. The van der Waals surface area contributed by atoms with Crippen molar-refractivity contribution in [2.45, 2.75) is 13.1 Å². The van der Waals surface area contributed by atoms with E-state index in [0.717, 1.165) is 83.6 Å². The second-order valence-electron chi connectivity index (χ2n) is 14.8. The number of hydrogen-bond acceptors (Lipinski definition) is 2. The Labute approximate surface area is 337 Å². The van der Waals surface area contributed by atoms with E-state index in [-0.39, 0.29) is 11.1 Å². The van der Waals surface area contributed by atoms with Crippen LogP contribution in [0.4, 0.5) is 13.2 Å². The summed E-state index contributed by atoms with van der Waals surface area (Å²) in [6.07, 6.45) is -4.71. The van der Waals surface area contributed by atoms with Gasteiger partial charge in [-0.05, 0) is 101 Å². The van der Waals surface area contributed by atoms with Crippen molar-refractivity contribution >= 4 is 43.6 Å². The van der Waals surface area contributed by atoms with E-state index in [4.69, 9.17) is 0 Å². The van der Waals surface area contributed by atoms with Crippen molar-refractivity contribution in [3.8, 4) is 56.9 Å². The summed E-state index contributed by atoms with van der Waals surface area (Å²) in [5.41, 5.74) is 9.55. The number of alkyl halides is 3. The van der Waals surface area contributed by atoms with Gasteiger partial charge in [0.05, 0.1) is 56.2 Å². The van der Waals surface area contributed by atoms with E-state index in [9.17, 15) is 23.7 Å². The molecule has 10 aromatic rings. The number of benzene rings is 8. The Morgan fingerprint density at radius 1 is 0.441 bits per heavy atom. The largest absolute Gasteiger partial charge is 0.416 e. The second-order valence-corrected chi connectivity index (χ2v) is 14.8. The van der Waals surface area contributed by atoms with Gasteiger partial charge in [-0.25, -0.2) is 0 Å². The Morgan fingerprint density at radius 2 is 0.966 bits per heavy atom. The molecule has 0 radical (unpaired) electrons. The molecule has 8 aromatic carbocycles. The molecular weight excluding hydrogens is 738 g/mol. The first-order chi connectivity index (χ1) is 28.7. The smallest absolute Gasteiger partial charge is 0.309 e. The van der Waals surface area contributed by atoms with Gasteiger partial charge in [0.25, 0.3) is 0 Å². The molecule has 0 spiro atoms. The molecule has 7 heteroatoms. The summed E-state index contributed by atoms with van der Waals surface area (Å²) in [7, 11) is 0. The van der Waals surface area contributed by atoms with Gasteiger partial charge in [-0.15, -0.1) is 0 Å². The summed E-state index contributed by atoms with van der Waals surface area (Å²) >= 11 is 0. The monoisotopic (exact) mass is 768 g/mol. The van der Waals surface area contributed by atoms with Crippen LogP contribution in [0.2, 0.25) is 0 Å². The van der Waals surface area contributed by atoms with Crippen LogP contribution in [0.15, 0.2) is 170 Å². The first-order valence-electron chi connectivity index (χ1n) is 19.1. The van der Waals surface area contributed by atoms with E-state index in [2.05, 4.69) is 67.6 Å². The van der Waals surface area contributed by atoms with Crippen LogP contribution in [0.25, 0.3) is 88.4 Å². The molecule has 280 valence electrons. The highest BCUT2D eigenvalue weighted by molar-refractivity contribution is 6.12. The van der Waals surface area contributed by atoms with Crippen molar-refractivity contribution in [3.63, 3.8) is 0 Å². The fourth-order valence-corrected chi connectivity index (χ4v) is 8.48. The average Bonchev–Trinajstić information content (AvgIpc) is 3.78. The average molecular weight is 769 g/mol. The molecule has 10 rings (SSSR count). The predicted octanol–water partition coefficient (Wildman–Crippen LogP) is 14.0. The summed E-state index contributed by atoms with van der Waals surface area (Å²) in [5.74, 6) is 0. The fourth-order valence-electron chi connectivity index (χ4n) is 8.48. The number of para-hydroxylation sites is 2. The van der Waals surface area contributed by atoms with Crippen LogP contribution >= 0.6 is 0 Å². The number of rotatable bonds is 5. The molecule has 0 unspecified atom stereocenters. The Morgan fingerprint density at radius 3 is 1.54 bits per heavy atom. The lowest BCUT2D eigenvalue weighted by Crippen LogP contribution is -2.07. The molecule has 0 aliphatic heterocycles. The van der Waals surface area contributed by atoms with E-state index in [1.807, 2.05) is 106 Å². The van der Waals surface area contributed by atoms with Gasteiger partial charge in [0, 0.05) is 27.1 Å². The molecule has 0 atom stereocenters. The molecule has 0 saturated heterocycles. The van der Waals surface area contributed by atoms with Crippen LogP contribution in [-0.4, -0.2) is 9.13 Å². The zero-order chi connectivity index (χ0) is 40.4. The summed E-state index contributed by atoms with van der Waals surface area (Å²) < 4.78 is 47.7. The van der Waals surface area contributed by atoms with Crippen molar-refractivity contribution in [2.75, 3.05) is 0 Å². The predicted molar refractivity (Wildman–Crippen MR) is 231 cm³/mol. The zero-order valence-corrected chi connectivity index (χ0v) is 31.6. The fraction of sp³-hybridized carbons (Fsp3) is 0.0385. The van der Waals surface area contributed by atoms with Crippen molar-refractivity contribution in [3.05, 3.63) is 192 Å². The third kappa shape index (κ3) is 5.91. The van der Waals surface area contributed by atoms with Crippen LogP contribution in [0.5, 0.6) is 0 Å². The maximum atomic E-state index is 14.6. The van der Waals surface area contributed by atoms with Crippen LogP contribution in [0, 0.1) is 29.6 Å². The Bertz CT molecular complexity index is 3390. The van der Waals surface area contributed by atoms with Crippen LogP contribution in [-0.2, 0) is 6.18 Å². The molecule has 0 amide bonds. The van der Waals surface area contributed by atoms with Crippen molar-refractivity contribution in [2.24, 2.45) is 0 Å². The molecule has 2 heterocycles. The Balaban J connectivity index is 1.30. The number of fused-ring (bicyclic) bond motifs is 6. The number of hydrogen-bond donors (Lipinski definition) is 0. The minimum absolute atomic E-state index is 0.123. The van der Waals surface area contributed by atoms with Gasteiger partial charge < -0.3 is 9.13 Å². The van der Waals surface area contributed by atoms with Crippen molar-refractivity contribution in [1.82, 2.24) is 9.13 Å². The van der Waals surface area contributed by atoms with Gasteiger partial charge in [0.15, 0.2) is 0 Å². The molecule has 0 fully saturated rings. The van der Waals surface area contributed by atoms with Gasteiger partial charge in [-0.2, -0.15) is 23.7 Å². The normalized spacial score (nSPS) is 11.7. The van der Waals surface area contributed by atoms with Crippen molar-refractivity contribution < 1.29 is 13.2 Å². The highest BCUT2D eigenvalue weighted by Gasteiger charge is 2.32. The summed E-state index contributed by atoms with van der Waals surface area (Å²) in [5, 5.41) is 24.9. The molecule has 0 aliphatic rings. The number of aryl methyl sites for hydroxylation is 1. The second kappa shape index (κ2) is 13.7. The lowest BCUT2D eigenvalue weighted by molar-refractivity contribution is -0.137. The van der Waals surface area contributed by atoms with Crippen molar-refractivity contribution in [1.29, 1.82) is 10.5 Å². The molecule has 4 nitrogen and oxygen atoms in total. The third-order valence-corrected chi connectivity index (χ3v) is 11.3. The first-order valence-corrected chi connectivity index (χ1v) is 19.1. The minimum Gasteiger partial charge on any atom is -0.309 e.